The minimum Gasteiger partial charge on any atom is -0.379 e. The van der Waals surface area contributed by atoms with Crippen molar-refractivity contribution in [3.05, 3.63) is 34.9 Å². The van der Waals surface area contributed by atoms with E-state index in [1.54, 1.807) is 7.11 Å². The third kappa shape index (κ3) is 1.78. The van der Waals surface area contributed by atoms with Gasteiger partial charge in [-0.2, -0.15) is 0 Å². The first-order valence-corrected chi connectivity index (χ1v) is 5.21. The molecule has 0 saturated carbocycles. The standard InChI is InChI=1S/C11H14ClNO/c1-14-10-6-7-13-11(10)8-4-2-3-5-9(8)12/h2-5,10-11,13H,6-7H2,1H3. The van der Waals surface area contributed by atoms with Crippen molar-refractivity contribution in [1.82, 2.24) is 5.32 Å². The lowest BCUT2D eigenvalue weighted by Gasteiger charge is -2.19. The maximum absolute atomic E-state index is 6.13. The Kier molecular flexibility index (Phi) is 3.06. The van der Waals surface area contributed by atoms with E-state index in [4.69, 9.17) is 16.3 Å². The Labute approximate surface area is 89.2 Å². The van der Waals surface area contributed by atoms with Gasteiger partial charge < -0.3 is 10.1 Å². The zero-order chi connectivity index (χ0) is 9.97. The summed E-state index contributed by atoms with van der Waals surface area (Å²) >= 11 is 6.13. The van der Waals surface area contributed by atoms with Crippen LogP contribution in [0.2, 0.25) is 5.02 Å². The van der Waals surface area contributed by atoms with Crippen LogP contribution in [0, 0.1) is 0 Å². The van der Waals surface area contributed by atoms with Gasteiger partial charge in [-0.3, -0.25) is 0 Å². The molecule has 0 aliphatic carbocycles. The first kappa shape index (κ1) is 9.97. The van der Waals surface area contributed by atoms with Crippen molar-refractivity contribution < 1.29 is 4.74 Å². The van der Waals surface area contributed by atoms with Crippen molar-refractivity contribution in [3.8, 4) is 0 Å². The zero-order valence-electron chi connectivity index (χ0n) is 8.16. The van der Waals surface area contributed by atoms with Crippen LogP contribution in [0.25, 0.3) is 0 Å². The highest BCUT2D eigenvalue weighted by Gasteiger charge is 2.29. The van der Waals surface area contributed by atoms with Gasteiger partial charge in [0, 0.05) is 12.1 Å². The number of hydrogen-bond acceptors (Lipinski definition) is 2. The van der Waals surface area contributed by atoms with Crippen LogP contribution in [-0.2, 0) is 4.74 Å². The summed E-state index contributed by atoms with van der Waals surface area (Å²) in [6.07, 6.45) is 1.29. The molecule has 2 unspecified atom stereocenters. The Hall–Kier alpha value is -0.570. The quantitative estimate of drug-likeness (QED) is 0.811. The predicted octanol–water partition coefficient (Wildman–Crippen LogP) is 2.39. The SMILES string of the molecule is COC1CCNC1c1ccccc1Cl. The number of hydrogen-bond donors (Lipinski definition) is 1. The van der Waals surface area contributed by atoms with E-state index in [0.29, 0.717) is 0 Å². The Morgan fingerprint density at radius 1 is 1.43 bits per heavy atom. The van der Waals surface area contributed by atoms with E-state index < -0.39 is 0 Å². The van der Waals surface area contributed by atoms with Gasteiger partial charge in [0.05, 0.1) is 12.1 Å². The van der Waals surface area contributed by atoms with Crippen LogP contribution < -0.4 is 5.32 Å². The molecule has 2 rings (SSSR count). The summed E-state index contributed by atoms with van der Waals surface area (Å²) in [6.45, 7) is 0.994. The van der Waals surface area contributed by atoms with E-state index in [-0.39, 0.29) is 12.1 Å². The third-order valence-corrected chi connectivity index (χ3v) is 3.05. The highest BCUT2D eigenvalue weighted by Crippen LogP contribution is 2.30. The Balaban J connectivity index is 2.26. The number of methoxy groups -OCH3 is 1. The highest BCUT2D eigenvalue weighted by molar-refractivity contribution is 6.31. The fourth-order valence-electron chi connectivity index (χ4n) is 1.97. The maximum Gasteiger partial charge on any atom is 0.0778 e. The second-order valence-electron chi connectivity index (χ2n) is 3.52. The van der Waals surface area contributed by atoms with Gasteiger partial charge in [0.25, 0.3) is 0 Å². The average molecular weight is 212 g/mol. The van der Waals surface area contributed by atoms with E-state index in [2.05, 4.69) is 11.4 Å². The second-order valence-corrected chi connectivity index (χ2v) is 3.92. The molecule has 0 amide bonds. The molecule has 1 heterocycles. The summed E-state index contributed by atoms with van der Waals surface area (Å²) in [5, 5.41) is 4.22. The fourth-order valence-corrected chi connectivity index (χ4v) is 2.22. The summed E-state index contributed by atoms with van der Waals surface area (Å²) in [5.41, 5.74) is 1.14. The number of nitrogens with one attached hydrogen (secondary N) is 1. The van der Waals surface area contributed by atoms with E-state index in [1.807, 2.05) is 18.2 Å². The van der Waals surface area contributed by atoms with Crippen LogP contribution in [-0.4, -0.2) is 19.8 Å². The molecule has 0 bridgehead atoms. The molecule has 1 aromatic rings. The molecular formula is C11H14ClNO. The molecule has 1 aromatic carbocycles. The van der Waals surface area contributed by atoms with Gasteiger partial charge in [-0.25, -0.2) is 0 Å². The van der Waals surface area contributed by atoms with Crippen molar-refractivity contribution in [2.75, 3.05) is 13.7 Å². The molecule has 1 aliphatic heterocycles. The molecule has 1 aliphatic rings. The van der Waals surface area contributed by atoms with Gasteiger partial charge in [0.15, 0.2) is 0 Å². The van der Waals surface area contributed by atoms with E-state index >= 15 is 0 Å². The molecule has 0 spiro atoms. The van der Waals surface area contributed by atoms with Crippen LogP contribution in [0.15, 0.2) is 24.3 Å². The van der Waals surface area contributed by atoms with E-state index in [0.717, 1.165) is 23.6 Å². The Bertz CT molecular complexity index is 316. The van der Waals surface area contributed by atoms with Crippen molar-refractivity contribution in [2.24, 2.45) is 0 Å². The normalized spacial score (nSPS) is 26.7. The van der Waals surface area contributed by atoms with Crippen LogP contribution >= 0.6 is 11.6 Å². The number of benzene rings is 1. The van der Waals surface area contributed by atoms with Crippen LogP contribution in [0.3, 0.4) is 0 Å². The van der Waals surface area contributed by atoms with Crippen LogP contribution in [0.4, 0.5) is 0 Å². The van der Waals surface area contributed by atoms with E-state index in [1.165, 1.54) is 0 Å². The maximum atomic E-state index is 6.13. The van der Waals surface area contributed by atoms with E-state index in [9.17, 15) is 0 Å². The van der Waals surface area contributed by atoms with Crippen molar-refractivity contribution in [1.29, 1.82) is 0 Å². The minimum absolute atomic E-state index is 0.244. The summed E-state index contributed by atoms with van der Waals surface area (Å²) in [4.78, 5) is 0. The summed E-state index contributed by atoms with van der Waals surface area (Å²) < 4.78 is 5.41. The first-order chi connectivity index (χ1) is 6.83. The summed E-state index contributed by atoms with van der Waals surface area (Å²) in [5.74, 6) is 0. The Morgan fingerprint density at radius 3 is 2.93 bits per heavy atom. The molecule has 14 heavy (non-hydrogen) atoms. The second kappa shape index (κ2) is 4.30. The lowest BCUT2D eigenvalue weighted by atomic mass is 10.0. The molecule has 76 valence electrons. The van der Waals surface area contributed by atoms with Gasteiger partial charge in [-0.05, 0) is 24.6 Å². The molecule has 0 aromatic heterocycles. The molecule has 2 atom stereocenters. The van der Waals surface area contributed by atoms with Gasteiger partial charge in [0.1, 0.15) is 0 Å². The van der Waals surface area contributed by atoms with Crippen LogP contribution in [0.1, 0.15) is 18.0 Å². The molecule has 0 radical (unpaired) electrons. The number of rotatable bonds is 2. The minimum atomic E-state index is 0.244. The smallest absolute Gasteiger partial charge is 0.0778 e. The topological polar surface area (TPSA) is 21.3 Å². The van der Waals surface area contributed by atoms with Crippen LogP contribution in [0.5, 0.6) is 0 Å². The van der Waals surface area contributed by atoms with Crippen molar-refractivity contribution in [2.45, 2.75) is 18.6 Å². The molecule has 2 nitrogen and oxygen atoms in total. The van der Waals surface area contributed by atoms with Gasteiger partial charge in [-0.15, -0.1) is 0 Å². The molecule has 1 N–H and O–H groups in total. The highest BCUT2D eigenvalue weighted by atomic mass is 35.5. The summed E-state index contributed by atoms with van der Waals surface area (Å²) in [6, 6.07) is 8.17. The number of ether oxygens (including phenoxy) is 1. The Morgan fingerprint density at radius 2 is 2.21 bits per heavy atom. The van der Waals surface area contributed by atoms with Crippen molar-refractivity contribution in [3.63, 3.8) is 0 Å². The average Bonchev–Trinajstić information content (AvgIpc) is 2.66. The van der Waals surface area contributed by atoms with Crippen molar-refractivity contribution >= 4 is 11.6 Å². The zero-order valence-corrected chi connectivity index (χ0v) is 8.92. The fraction of sp³-hybridized carbons (Fsp3) is 0.455. The largest absolute Gasteiger partial charge is 0.379 e. The molecule has 1 saturated heterocycles. The van der Waals surface area contributed by atoms with Gasteiger partial charge in [-0.1, -0.05) is 29.8 Å². The lowest BCUT2D eigenvalue weighted by Crippen LogP contribution is -2.22. The number of halogens is 1. The molecular weight excluding hydrogens is 198 g/mol. The molecule has 3 heteroatoms. The third-order valence-electron chi connectivity index (χ3n) is 2.71. The van der Waals surface area contributed by atoms with Gasteiger partial charge in [0.2, 0.25) is 0 Å². The lowest BCUT2D eigenvalue weighted by molar-refractivity contribution is 0.0920. The predicted molar refractivity (Wildman–Crippen MR) is 57.6 cm³/mol. The van der Waals surface area contributed by atoms with Gasteiger partial charge >= 0.3 is 0 Å². The summed E-state index contributed by atoms with van der Waals surface area (Å²) in [7, 11) is 1.75. The first-order valence-electron chi connectivity index (χ1n) is 4.83. The molecule has 1 fully saturated rings. The monoisotopic (exact) mass is 211 g/mol.